The van der Waals surface area contributed by atoms with E-state index < -0.39 is 11.6 Å². The van der Waals surface area contributed by atoms with E-state index in [9.17, 15) is 4.79 Å². The molecule has 0 aromatic carbocycles. The van der Waals surface area contributed by atoms with Gasteiger partial charge in [0.1, 0.15) is 5.60 Å². The quantitative estimate of drug-likeness (QED) is 0.740. The highest BCUT2D eigenvalue weighted by molar-refractivity contribution is 5.83. The molecule has 0 spiro atoms. The highest BCUT2D eigenvalue weighted by Crippen LogP contribution is 2.33. The zero-order valence-electron chi connectivity index (χ0n) is 10.5. The Hall–Kier alpha value is -1.47. The Morgan fingerprint density at radius 2 is 2.17 bits per heavy atom. The van der Waals surface area contributed by atoms with E-state index in [1.807, 2.05) is 0 Å². The molecular formula is C11H16N2O5. The highest BCUT2D eigenvalue weighted by Gasteiger charge is 2.39. The molecule has 1 aliphatic rings. The number of rotatable bonds is 4. The first-order chi connectivity index (χ1) is 8.72. The van der Waals surface area contributed by atoms with Crippen LogP contribution in [0.25, 0.3) is 0 Å². The summed E-state index contributed by atoms with van der Waals surface area (Å²) in [6.45, 7) is 3.11. The maximum atomic E-state index is 11.4. The molecule has 0 unspecified atom stereocenters. The molecule has 2 rings (SSSR count). The van der Waals surface area contributed by atoms with Crippen LogP contribution in [0.4, 0.5) is 0 Å². The van der Waals surface area contributed by atoms with E-state index in [4.69, 9.17) is 18.7 Å². The third-order valence-corrected chi connectivity index (χ3v) is 2.97. The van der Waals surface area contributed by atoms with Crippen molar-refractivity contribution >= 4 is 5.97 Å². The van der Waals surface area contributed by atoms with Crippen molar-refractivity contribution in [2.45, 2.75) is 25.4 Å². The minimum atomic E-state index is -0.632. The van der Waals surface area contributed by atoms with Crippen LogP contribution in [0.3, 0.4) is 0 Å². The molecule has 7 nitrogen and oxygen atoms in total. The summed E-state index contributed by atoms with van der Waals surface area (Å²) in [4.78, 5) is 15.5. The fourth-order valence-electron chi connectivity index (χ4n) is 1.90. The lowest BCUT2D eigenvalue weighted by atomic mass is 9.93. The Bertz CT molecular complexity index is 411. The van der Waals surface area contributed by atoms with Gasteiger partial charge in [-0.15, -0.1) is 0 Å². The molecule has 0 aliphatic carbocycles. The zero-order chi connectivity index (χ0) is 13.0. The lowest BCUT2D eigenvalue weighted by molar-refractivity contribution is -0.101. The number of carbonyl (C=O) groups excluding carboxylic acids is 1. The van der Waals surface area contributed by atoms with Crippen molar-refractivity contribution in [2.24, 2.45) is 0 Å². The minimum absolute atomic E-state index is 0.144. The molecule has 100 valence electrons. The van der Waals surface area contributed by atoms with Crippen molar-refractivity contribution in [1.29, 1.82) is 0 Å². The summed E-state index contributed by atoms with van der Waals surface area (Å²) >= 11 is 0. The second-order valence-electron chi connectivity index (χ2n) is 3.95. The van der Waals surface area contributed by atoms with E-state index in [0.29, 0.717) is 31.9 Å². The van der Waals surface area contributed by atoms with Gasteiger partial charge in [-0.2, -0.15) is 4.98 Å². The van der Waals surface area contributed by atoms with Gasteiger partial charge in [0.15, 0.2) is 0 Å². The summed E-state index contributed by atoms with van der Waals surface area (Å²) in [5.74, 6) is -0.388. The van der Waals surface area contributed by atoms with Crippen molar-refractivity contribution in [3.63, 3.8) is 0 Å². The van der Waals surface area contributed by atoms with Crippen LogP contribution in [0, 0.1) is 0 Å². The van der Waals surface area contributed by atoms with Crippen LogP contribution in [0.5, 0.6) is 0 Å². The number of carbonyl (C=O) groups is 1. The monoisotopic (exact) mass is 256 g/mol. The molecule has 1 aromatic rings. The largest absolute Gasteiger partial charge is 0.459 e. The maximum Gasteiger partial charge on any atom is 0.397 e. The minimum Gasteiger partial charge on any atom is -0.459 e. The van der Waals surface area contributed by atoms with Crippen LogP contribution in [0.1, 0.15) is 36.3 Å². The van der Waals surface area contributed by atoms with Crippen molar-refractivity contribution < 1.29 is 23.5 Å². The molecule has 1 aromatic heterocycles. The topological polar surface area (TPSA) is 83.7 Å². The Morgan fingerprint density at radius 1 is 1.44 bits per heavy atom. The van der Waals surface area contributed by atoms with Gasteiger partial charge in [-0.1, -0.05) is 5.16 Å². The molecule has 1 fully saturated rings. The summed E-state index contributed by atoms with van der Waals surface area (Å²) in [7, 11) is 1.59. The van der Waals surface area contributed by atoms with E-state index in [0.717, 1.165) is 0 Å². The van der Waals surface area contributed by atoms with Crippen LogP contribution in [-0.4, -0.2) is 43.0 Å². The lowest BCUT2D eigenvalue weighted by Crippen LogP contribution is -2.36. The number of aromatic nitrogens is 2. The molecule has 0 bridgehead atoms. The van der Waals surface area contributed by atoms with Crippen LogP contribution < -0.4 is 0 Å². The van der Waals surface area contributed by atoms with Crippen LogP contribution in [0.2, 0.25) is 0 Å². The van der Waals surface area contributed by atoms with Gasteiger partial charge < -0.3 is 18.7 Å². The van der Waals surface area contributed by atoms with Gasteiger partial charge in [-0.05, 0) is 6.92 Å². The van der Waals surface area contributed by atoms with Crippen molar-refractivity contribution in [3.05, 3.63) is 11.7 Å². The predicted octanol–water partition coefficient (Wildman–Crippen LogP) is 0.898. The van der Waals surface area contributed by atoms with Gasteiger partial charge in [0.2, 0.25) is 5.82 Å². The second kappa shape index (κ2) is 5.45. The van der Waals surface area contributed by atoms with Gasteiger partial charge in [0.05, 0.1) is 6.61 Å². The van der Waals surface area contributed by atoms with Gasteiger partial charge in [0.25, 0.3) is 0 Å². The summed E-state index contributed by atoms with van der Waals surface area (Å²) in [5, 5.41) is 3.82. The second-order valence-corrected chi connectivity index (χ2v) is 3.95. The highest BCUT2D eigenvalue weighted by atomic mass is 16.6. The molecule has 18 heavy (non-hydrogen) atoms. The number of ether oxygens (including phenoxy) is 3. The van der Waals surface area contributed by atoms with E-state index in [1.54, 1.807) is 14.0 Å². The number of hydrogen-bond acceptors (Lipinski definition) is 7. The summed E-state index contributed by atoms with van der Waals surface area (Å²) in [6.07, 6.45) is 1.26. The standard InChI is InChI=1S/C11H16N2O5/c1-3-17-9(14)8-12-10(13-18-8)11(15-2)4-6-16-7-5-11/h3-7H2,1-2H3. The maximum absolute atomic E-state index is 11.4. The molecule has 0 amide bonds. The average Bonchev–Trinajstić information content (AvgIpc) is 2.90. The van der Waals surface area contributed by atoms with E-state index in [1.165, 1.54) is 0 Å². The molecule has 0 atom stereocenters. The first-order valence-electron chi connectivity index (χ1n) is 5.86. The Labute approximate surface area is 104 Å². The molecular weight excluding hydrogens is 240 g/mol. The molecule has 1 aliphatic heterocycles. The third kappa shape index (κ3) is 2.37. The average molecular weight is 256 g/mol. The number of hydrogen-bond donors (Lipinski definition) is 0. The first kappa shape index (κ1) is 13.0. The Kier molecular flexibility index (Phi) is 3.93. The van der Waals surface area contributed by atoms with Crippen molar-refractivity contribution in [2.75, 3.05) is 26.9 Å². The molecule has 1 saturated heterocycles. The van der Waals surface area contributed by atoms with Gasteiger partial charge in [0, 0.05) is 33.2 Å². The van der Waals surface area contributed by atoms with Gasteiger partial charge >= 0.3 is 11.9 Å². The van der Waals surface area contributed by atoms with Gasteiger partial charge in [-0.25, -0.2) is 4.79 Å². The Morgan fingerprint density at radius 3 is 2.78 bits per heavy atom. The van der Waals surface area contributed by atoms with Crippen molar-refractivity contribution in [3.8, 4) is 0 Å². The van der Waals surface area contributed by atoms with Crippen molar-refractivity contribution in [1.82, 2.24) is 10.1 Å². The summed E-state index contributed by atoms with van der Waals surface area (Å²) < 4.78 is 20.5. The van der Waals surface area contributed by atoms with Crippen LogP contribution in [0.15, 0.2) is 4.52 Å². The lowest BCUT2D eigenvalue weighted by Gasteiger charge is -2.32. The van der Waals surface area contributed by atoms with Crippen LogP contribution in [-0.2, 0) is 19.8 Å². The number of esters is 1. The van der Waals surface area contributed by atoms with Crippen LogP contribution >= 0.6 is 0 Å². The summed E-state index contributed by atoms with van der Waals surface area (Å²) in [5.41, 5.74) is -0.632. The van der Waals surface area contributed by atoms with E-state index in [-0.39, 0.29) is 12.5 Å². The Balaban J connectivity index is 2.19. The molecule has 0 N–H and O–H groups in total. The first-order valence-corrected chi connectivity index (χ1v) is 5.86. The predicted molar refractivity (Wildman–Crippen MR) is 59.0 cm³/mol. The fraction of sp³-hybridized carbons (Fsp3) is 0.727. The summed E-state index contributed by atoms with van der Waals surface area (Å²) in [6, 6.07) is 0. The molecule has 7 heteroatoms. The zero-order valence-corrected chi connectivity index (χ0v) is 10.5. The molecule has 0 saturated carbocycles. The molecule has 0 radical (unpaired) electrons. The smallest absolute Gasteiger partial charge is 0.397 e. The number of nitrogens with zero attached hydrogens (tertiary/aromatic N) is 2. The normalized spacial score (nSPS) is 18.6. The van der Waals surface area contributed by atoms with E-state index in [2.05, 4.69) is 10.1 Å². The molecule has 2 heterocycles. The van der Waals surface area contributed by atoms with Gasteiger partial charge in [-0.3, -0.25) is 0 Å². The SMILES string of the molecule is CCOC(=O)c1nc(C2(OC)CCOCC2)no1. The fourth-order valence-corrected chi connectivity index (χ4v) is 1.90. The third-order valence-electron chi connectivity index (χ3n) is 2.97. The van der Waals surface area contributed by atoms with E-state index >= 15 is 0 Å². The number of methoxy groups -OCH3 is 1.